The van der Waals surface area contributed by atoms with Crippen LogP contribution in [-0.2, 0) is 29.4 Å². The highest BCUT2D eigenvalue weighted by Gasteiger charge is 2.46. The van der Waals surface area contributed by atoms with E-state index in [0.29, 0.717) is 18.5 Å². The molecular weight excluding hydrogens is 626 g/mol. The van der Waals surface area contributed by atoms with Crippen molar-refractivity contribution in [3.05, 3.63) is 59.2 Å². The number of anilines is 1. The average molecular weight is 664 g/mol. The quantitative estimate of drug-likeness (QED) is 0.204. The number of carboxylic acid groups (broad SMARTS) is 1. The van der Waals surface area contributed by atoms with Gasteiger partial charge in [0.15, 0.2) is 23.2 Å². The number of aliphatic carboxylic acids is 1. The smallest absolute Gasteiger partial charge is 0.313 e. The van der Waals surface area contributed by atoms with Gasteiger partial charge in [0, 0.05) is 30.3 Å². The SMILES string of the molecule is CC(C)(C)c1ccccc1NC(=O)C(=O)N1CC[C@@H](C(=O)N[C@@H](CC(=O)O)C(=O)COc2c(F)c(F)cc(F)c2F)C2CCCCC21. The molecule has 4 atom stereocenters. The molecular formula is C33H37F4N3O7. The maximum Gasteiger partial charge on any atom is 0.313 e. The van der Waals surface area contributed by atoms with Crippen LogP contribution in [0.25, 0.3) is 0 Å². The first-order chi connectivity index (χ1) is 22.1. The monoisotopic (exact) mass is 663 g/mol. The van der Waals surface area contributed by atoms with E-state index in [-0.39, 0.29) is 24.4 Å². The Labute approximate surface area is 268 Å². The van der Waals surface area contributed by atoms with E-state index in [1.54, 1.807) is 12.1 Å². The number of hydrogen-bond acceptors (Lipinski definition) is 6. The van der Waals surface area contributed by atoms with Gasteiger partial charge in [-0.1, -0.05) is 51.8 Å². The molecule has 0 bridgehead atoms. The molecule has 254 valence electrons. The van der Waals surface area contributed by atoms with Crippen molar-refractivity contribution < 1.29 is 51.4 Å². The largest absolute Gasteiger partial charge is 0.481 e. The van der Waals surface area contributed by atoms with Crippen LogP contribution in [0.3, 0.4) is 0 Å². The number of nitrogens with zero attached hydrogens (tertiary/aromatic N) is 1. The van der Waals surface area contributed by atoms with Crippen molar-refractivity contribution in [2.24, 2.45) is 11.8 Å². The Morgan fingerprint density at radius 1 is 0.979 bits per heavy atom. The van der Waals surface area contributed by atoms with Crippen LogP contribution in [0.2, 0.25) is 0 Å². The number of benzene rings is 2. The van der Waals surface area contributed by atoms with Crippen LogP contribution in [0.15, 0.2) is 30.3 Å². The molecule has 47 heavy (non-hydrogen) atoms. The third-order valence-electron chi connectivity index (χ3n) is 8.67. The lowest BCUT2D eigenvalue weighted by Crippen LogP contribution is -2.58. The summed E-state index contributed by atoms with van der Waals surface area (Å²) in [5, 5.41) is 14.5. The van der Waals surface area contributed by atoms with Crippen molar-refractivity contribution in [1.82, 2.24) is 10.2 Å². The van der Waals surface area contributed by atoms with Crippen LogP contribution < -0.4 is 15.4 Å². The van der Waals surface area contributed by atoms with Gasteiger partial charge in [-0.25, -0.2) is 8.78 Å². The second kappa shape index (κ2) is 14.5. The predicted molar refractivity (Wildman–Crippen MR) is 160 cm³/mol. The van der Waals surface area contributed by atoms with Gasteiger partial charge in [0.2, 0.25) is 17.5 Å². The fraction of sp³-hybridized carbons (Fsp3) is 0.485. The van der Waals surface area contributed by atoms with Gasteiger partial charge < -0.3 is 25.4 Å². The lowest BCUT2D eigenvalue weighted by atomic mass is 9.71. The van der Waals surface area contributed by atoms with E-state index in [4.69, 9.17) is 4.74 Å². The number of Topliss-reactive ketones (excluding diaryl/α,β-unsaturated/α-hetero) is 1. The maximum atomic E-state index is 14.0. The zero-order chi connectivity index (χ0) is 34.6. The van der Waals surface area contributed by atoms with Gasteiger partial charge in [-0.15, -0.1) is 0 Å². The van der Waals surface area contributed by atoms with Gasteiger partial charge in [0.05, 0.1) is 6.42 Å². The van der Waals surface area contributed by atoms with Gasteiger partial charge in [0.1, 0.15) is 12.6 Å². The van der Waals surface area contributed by atoms with Gasteiger partial charge in [0.25, 0.3) is 0 Å². The van der Waals surface area contributed by atoms with E-state index in [0.717, 1.165) is 18.4 Å². The molecule has 4 rings (SSSR count). The van der Waals surface area contributed by atoms with E-state index in [1.165, 1.54) is 4.90 Å². The van der Waals surface area contributed by atoms with Crippen molar-refractivity contribution in [3.63, 3.8) is 0 Å². The third-order valence-corrected chi connectivity index (χ3v) is 8.67. The Morgan fingerprint density at radius 3 is 2.26 bits per heavy atom. The highest BCUT2D eigenvalue weighted by Crippen LogP contribution is 2.40. The minimum absolute atomic E-state index is 0.0390. The topological polar surface area (TPSA) is 142 Å². The minimum atomic E-state index is -1.88. The maximum absolute atomic E-state index is 14.0. The molecule has 2 aromatic rings. The van der Waals surface area contributed by atoms with Crippen LogP contribution in [0.5, 0.6) is 5.75 Å². The Kier molecular flexibility index (Phi) is 10.9. The van der Waals surface area contributed by atoms with Gasteiger partial charge >= 0.3 is 17.8 Å². The number of piperidine rings is 1. The lowest BCUT2D eigenvalue weighted by Gasteiger charge is -2.47. The van der Waals surface area contributed by atoms with Crippen molar-refractivity contribution in [1.29, 1.82) is 0 Å². The number of likely N-dealkylation sites (tertiary alicyclic amines) is 1. The number of hydrogen-bond donors (Lipinski definition) is 3. The summed E-state index contributed by atoms with van der Waals surface area (Å²) >= 11 is 0. The molecule has 2 aromatic carbocycles. The van der Waals surface area contributed by atoms with Crippen molar-refractivity contribution in [2.75, 3.05) is 18.5 Å². The summed E-state index contributed by atoms with van der Waals surface area (Å²) in [6.45, 7) is 4.80. The Hall–Kier alpha value is -4.49. The molecule has 0 aromatic heterocycles. The van der Waals surface area contributed by atoms with Crippen molar-refractivity contribution in [3.8, 4) is 5.75 Å². The number of halogens is 4. The molecule has 2 fully saturated rings. The summed E-state index contributed by atoms with van der Waals surface area (Å²) in [6, 6.07) is 4.98. The summed E-state index contributed by atoms with van der Waals surface area (Å²) in [5.41, 5.74) is 1.06. The number of carbonyl (C=O) groups is 5. The highest BCUT2D eigenvalue weighted by molar-refractivity contribution is 6.39. The molecule has 14 heteroatoms. The lowest BCUT2D eigenvalue weighted by molar-refractivity contribution is -0.151. The summed E-state index contributed by atoms with van der Waals surface area (Å²) < 4.78 is 59.8. The summed E-state index contributed by atoms with van der Waals surface area (Å²) in [6.07, 6.45) is 1.76. The zero-order valence-electron chi connectivity index (χ0n) is 26.2. The molecule has 1 saturated heterocycles. The molecule has 3 N–H and O–H groups in total. The first kappa shape index (κ1) is 35.4. The molecule has 1 aliphatic heterocycles. The Morgan fingerprint density at radius 2 is 1.62 bits per heavy atom. The van der Waals surface area contributed by atoms with E-state index in [1.807, 2.05) is 32.9 Å². The minimum Gasteiger partial charge on any atom is -0.481 e. The van der Waals surface area contributed by atoms with Gasteiger partial charge in [-0.3, -0.25) is 24.0 Å². The normalized spacial score (nSPS) is 20.1. The summed E-state index contributed by atoms with van der Waals surface area (Å²) in [5.74, 6) is -14.7. The van der Waals surface area contributed by atoms with E-state index in [9.17, 15) is 46.6 Å². The Bertz CT molecular complexity index is 1540. The summed E-state index contributed by atoms with van der Waals surface area (Å²) in [4.78, 5) is 66.0. The Balaban J connectivity index is 1.45. The number of ketones is 1. The molecule has 1 heterocycles. The first-order valence-corrected chi connectivity index (χ1v) is 15.3. The molecule has 10 nitrogen and oxygen atoms in total. The van der Waals surface area contributed by atoms with E-state index < -0.39 is 95.4 Å². The number of rotatable bonds is 9. The van der Waals surface area contributed by atoms with Crippen LogP contribution in [-0.4, -0.2) is 64.7 Å². The average Bonchev–Trinajstić information content (AvgIpc) is 3.02. The van der Waals surface area contributed by atoms with Gasteiger partial charge in [-0.2, -0.15) is 8.78 Å². The third kappa shape index (κ3) is 8.09. The second-order valence-corrected chi connectivity index (χ2v) is 12.9. The van der Waals surface area contributed by atoms with Crippen LogP contribution in [0.1, 0.15) is 64.9 Å². The number of para-hydroxylation sites is 1. The number of ether oxygens (including phenoxy) is 1. The van der Waals surface area contributed by atoms with Crippen LogP contribution in [0.4, 0.5) is 23.2 Å². The summed E-state index contributed by atoms with van der Waals surface area (Å²) in [7, 11) is 0. The molecule has 2 unspecified atom stereocenters. The second-order valence-electron chi connectivity index (χ2n) is 12.9. The molecule has 1 saturated carbocycles. The molecule has 3 amide bonds. The molecule has 1 aliphatic carbocycles. The number of carboxylic acids is 1. The first-order valence-electron chi connectivity index (χ1n) is 15.3. The highest BCUT2D eigenvalue weighted by atomic mass is 19.2. The predicted octanol–water partition coefficient (Wildman–Crippen LogP) is 4.49. The van der Waals surface area contributed by atoms with E-state index in [2.05, 4.69) is 10.6 Å². The fourth-order valence-corrected chi connectivity index (χ4v) is 6.40. The fourth-order valence-electron chi connectivity index (χ4n) is 6.40. The van der Waals surface area contributed by atoms with E-state index >= 15 is 0 Å². The molecule has 0 spiro atoms. The number of fused-ring (bicyclic) bond motifs is 1. The molecule has 2 aliphatic rings. The van der Waals surface area contributed by atoms with Crippen molar-refractivity contribution >= 4 is 35.2 Å². The van der Waals surface area contributed by atoms with Gasteiger partial charge in [-0.05, 0) is 42.2 Å². The number of nitrogens with one attached hydrogen (secondary N) is 2. The standard InChI is InChI=1S/C33H37F4N3O7/c1-33(2,3)19-9-5-6-10-22(19)38-31(45)32(46)40-13-12-18(17-8-4-7-11-24(17)40)30(44)39-23(15-26(42)43)25(41)16-47-29-27(36)20(34)14-21(35)28(29)37/h5-6,9-10,14,17-18,23-24H,4,7-8,11-13,15-16H2,1-3H3,(H,38,45)(H,39,44)(H,42,43)/t17?,18-,23+,24?/m1/s1. The number of carbonyl (C=O) groups excluding carboxylic acids is 4. The van der Waals surface area contributed by atoms with Crippen molar-refractivity contribution in [2.45, 2.75) is 76.8 Å². The zero-order valence-corrected chi connectivity index (χ0v) is 26.2. The van der Waals surface area contributed by atoms with Crippen LogP contribution >= 0.6 is 0 Å². The molecule has 0 radical (unpaired) electrons. The van der Waals surface area contributed by atoms with Crippen LogP contribution in [0, 0.1) is 35.1 Å². The number of amides is 3.